The maximum absolute atomic E-state index is 6.32. The fourth-order valence-electron chi connectivity index (χ4n) is 8.11. The predicted octanol–water partition coefficient (Wildman–Crippen LogP) is 14.0. The number of anilines is 3. The number of para-hydroxylation sites is 2. The first-order chi connectivity index (χ1) is 28.8. The standard InChI is InChI=1S/C54H39N3O/c1-4-18-38(19-5-1)34-41-24-10-13-27-45(41)46-28-14-11-25-42(46)35-43-26-12-16-30-49(43)57(44-32-33-52-48(36-44)47-29-15-17-31-51(47)58-52)50-37-55-54(40-22-8-3-9-23-40)56-53(50)39-20-6-2-7-21-39/h1-33,36-37H,34-35H2. The van der Waals surface area contributed by atoms with Gasteiger partial charge in [-0.3, -0.25) is 0 Å². The van der Waals surface area contributed by atoms with Gasteiger partial charge in [-0.25, -0.2) is 9.97 Å². The second kappa shape index (κ2) is 15.5. The zero-order valence-electron chi connectivity index (χ0n) is 31.9. The van der Waals surface area contributed by atoms with Gasteiger partial charge in [-0.15, -0.1) is 0 Å². The number of nitrogens with zero attached hydrogens (tertiary/aromatic N) is 3. The lowest BCUT2D eigenvalue weighted by molar-refractivity contribution is 0.669. The van der Waals surface area contributed by atoms with Crippen molar-refractivity contribution in [3.63, 3.8) is 0 Å². The molecular formula is C54H39N3O. The van der Waals surface area contributed by atoms with Crippen LogP contribution in [0.15, 0.2) is 217 Å². The molecule has 4 nitrogen and oxygen atoms in total. The average molecular weight is 746 g/mol. The zero-order chi connectivity index (χ0) is 38.7. The smallest absolute Gasteiger partial charge is 0.159 e. The molecule has 0 saturated heterocycles. The van der Waals surface area contributed by atoms with Crippen molar-refractivity contribution in [3.05, 3.63) is 235 Å². The summed E-state index contributed by atoms with van der Waals surface area (Å²) in [6.45, 7) is 0. The number of aromatic nitrogens is 2. The molecule has 276 valence electrons. The molecule has 0 aliphatic carbocycles. The van der Waals surface area contributed by atoms with E-state index in [-0.39, 0.29) is 0 Å². The highest BCUT2D eigenvalue weighted by Crippen LogP contribution is 2.44. The van der Waals surface area contributed by atoms with Gasteiger partial charge in [0.05, 0.1) is 17.6 Å². The van der Waals surface area contributed by atoms with E-state index in [0.29, 0.717) is 12.2 Å². The fraction of sp³-hybridized carbons (Fsp3) is 0.0370. The van der Waals surface area contributed by atoms with Crippen molar-refractivity contribution >= 4 is 39.0 Å². The first kappa shape index (κ1) is 34.9. The molecule has 0 aliphatic heterocycles. The van der Waals surface area contributed by atoms with E-state index in [2.05, 4.69) is 175 Å². The summed E-state index contributed by atoms with van der Waals surface area (Å²) in [5, 5.41) is 2.13. The molecule has 0 unspecified atom stereocenters. The Labute approximate surface area is 338 Å². The van der Waals surface area contributed by atoms with E-state index >= 15 is 0 Å². The quantitative estimate of drug-likeness (QED) is 0.140. The topological polar surface area (TPSA) is 42.2 Å². The van der Waals surface area contributed by atoms with Gasteiger partial charge in [-0.1, -0.05) is 176 Å². The van der Waals surface area contributed by atoms with Crippen LogP contribution in [0.1, 0.15) is 22.3 Å². The largest absolute Gasteiger partial charge is 0.456 e. The first-order valence-corrected chi connectivity index (χ1v) is 19.7. The number of fused-ring (bicyclic) bond motifs is 3. The van der Waals surface area contributed by atoms with Gasteiger partial charge in [0, 0.05) is 39.7 Å². The molecule has 4 heteroatoms. The van der Waals surface area contributed by atoms with E-state index in [4.69, 9.17) is 14.4 Å². The molecule has 2 heterocycles. The zero-order valence-corrected chi connectivity index (χ0v) is 31.9. The van der Waals surface area contributed by atoms with Gasteiger partial charge in [0.25, 0.3) is 0 Å². The molecule has 58 heavy (non-hydrogen) atoms. The maximum Gasteiger partial charge on any atom is 0.159 e. The molecule has 0 amide bonds. The van der Waals surface area contributed by atoms with Crippen LogP contribution >= 0.6 is 0 Å². The van der Waals surface area contributed by atoms with Crippen LogP contribution in [0, 0.1) is 0 Å². The molecule has 10 rings (SSSR count). The monoisotopic (exact) mass is 745 g/mol. The highest BCUT2D eigenvalue weighted by Gasteiger charge is 2.24. The van der Waals surface area contributed by atoms with E-state index in [9.17, 15) is 0 Å². The minimum Gasteiger partial charge on any atom is -0.456 e. The van der Waals surface area contributed by atoms with Crippen LogP contribution in [0.2, 0.25) is 0 Å². The summed E-state index contributed by atoms with van der Waals surface area (Å²) in [5.41, 5.74) is 15.0. The second-order valence-corrected chi connectivity index (χ2v) is 14.6. The summed E-state index contributed by atoms with van der Waals surface area (Å²) < 4.78 is 6.32. The van der Waals surface area contributed by atoms with Gasteiger partial charge < -0.3 is 9.32 Å². The number of rotatable bonds is 10. The lowest BCUT2D eigenvalue weighted by atomic mass is 9.89. The molecule has 0 fully saturated rings. The van der Waals surface area contributed by atoms with E-state index < -0.39 is 0 Å². The molecule has 0 spiro atoms. The lowest BCUT2D eigenvalue weighted by Crippen LogP contribution is -2.15. The third-order valence-corrected chi connectivity index (χ3v) is 10.9. The maximum atomic E-state index is 6.32. The highest BCUT2D eigenvalue weighted by atomic mass is 16.3. The van der Waals surface area contributed by atoms with Crippen LogP contribution in [-0.2, 0) is 12.8 Å². The fourth-order valence-corrected chi connectivity index (χ4v) is 8.11. The van der Waals surface area contributed by atoms with Crippen molar-refractivity contribution < 1.29 is 4.42 Å². The minimum absolute atomic E-state index is 0.677. The van der Waals surface area contributed by atoms with E-state index in [1.165, 1.54) is 33.4 Å². The highest BCUT2D eigenvalue weighted by molar-refractivity contribution is 6.06. The van der Waals surface area contributed by atoms with Crippen molar-refractivity contribution in [2.45, 2.75) is 12.8 Å². The van der Waals surface area contributed by atoms with Gasteiger partial charge in [0.1, 0.15) is 11.2 Å². The number of furan rings is 1. The molecule has 0 saturated carbocycles. The van der Waals surface area contributed by atoms with Crippen molar-refractivity contribution in [1.82, 2.24) is 9.97 Å². The Bertz CT molecular complexity index is 3010. The third kappa shape index (κ3) is 6.82. The van der Waals surface area contributed by atoms with Crippen LogP contribution in [0.25, 0.3) is 55.7 Å². The minimum atomic E-state index is 0.677. The van der Waals surface area contributed by atoms with E-state index in [0.717, 1.165) is 62.2 Å². The Morgan fingerprint density at radius 2 is 1.00 bits per heavy atom. The first-order valence-electron chi connectivity index (χ1n) is 19.7. The van der Waals surface area contributed by atoms with Crippen molar-refractivity contribution in [2.75, 3.05) is 4.90 Å². The van der Waals surface area contributed by atoms with Crippen LogP contribution in [-0.4, -0.2) is 9.97 Å². The molecule has 0 aliphatic rings. The summed E-state index contributed by atoms with van der Waals surface area (Å²) in [4.78, 5) is 12.7. The molecular weight excluding hydrogens is 707 g/mol. The van der Waals surface area contributed by atoms with Crippen molar-refractivity contribution in [3.8, 4) is 33.8 Å². The number of benzene rings is 8. The molecule has 0 radical (unpaired) electrons. The Morgan fingerprint density at radius 1 is 0.431 bits per heavy atom. The van der Waals surface area contributed by atoms with E-state index in [1.54, 1.807) is 0 Å². The van der Waals surface area contributed by atoms with Gasteiger partial charge >= 0.3 is 0 Å². The molecule has 2 aromatic heterocycles. The van der Waals surface area contributed by atoms with E-state index in [1.807, 2.05) is 42.6 Å². The Kier molecular flexibility index (Phi) is 9.34. The van der Waals surface area contributed by atoms with Crippen LogP contribution in [0.4, 0.5) is 17.1 Å². The van der Waals surface area contributed by atoms with Crippen LogP contribution in [0.3, 0.4) is 0 Å². The number of hydrogen-bond acceptors (Lipinski definition) is 4. The lowest BCUT2D eigenvalue weighted by Gasteiger charge is -2.29. The summed E-state index contributed by atoms with van der Waals surface area (Å²) in [5.74, 6) is 0.677. The Morgan fingerprint density at radius 3 is 1.74 bits per heavy atom. The van der Waals surface area contributed by atoms with Gasteiger partial charge in [0.15, 0.2) is 5.82 Å². The molecule has 0 N–H and O–H groups in total. The molecule has 8 aromatic carbocycles. The SMILES string of the molecule is c1ccc(Cc2ccccc2-c2ccccc2Cc2ccccc2N(c2ccc3oc4ccccc4c3c2)c2cnc(-c3ccccc3)nc2-c2ccccc2)cc1. The summed E-state index contributed by atoms with van der Waals surface area (Å²) in [6, 6.07) is 72.5. The van der Waals surface area contributed by atoms with Crippen LogP contribution < -0.4 is 4.90 Å². The summed E-state index contributed by atoms with van der Waals surface area (Å²) in [6.07, 6.45) is 3.56. The predicted molar refractivity (Wildman–Crippen MR) is 239 cm³/mol. The molecule has 0 atom stereocenters. The van der Waals surface area contributed by atoms with Gasteiger partial charge in [-0.05, 0) is 70.1 Å². The van der Waals surface area contributed by atoms with Crippen molar-refractivity contribution in [2.24, 2.45) is 0 Å². The summed E-state index contributed by atoms with van der Waals surface area (Å²) in [7, 11) is 0. The normalized spacial score (nSPS) is 11.2. The van der Waals surface area contributed by atoms with Gasteiger partial charge in [-0.2, -0.15) is 0 Å². The van der Waals surface area contributed by atoms with Crippen molar-refractivity contribution in [1.29, 1.82) is 0 Å². The third-order valence-electron chi connectivity index (χ3n) is 10.9. The average Bonchev–Trinajstić information content (AvgIpc) is 3.67. The Balaban J connectivity index is 1.16. The van der Waals surface area contributed by atoms with Gasteiger partial charge in [0.2, 0.25) is 0 Å². The number of hydrogen-bond donors (Lipinski definition) is 0. The van der Waals surface area contributed by atoms with Crippen LogP contribution in [0.5, 0.6) is 0 Å². The summed E-state index contributed by atoms with van der Waals surface area (Å²) >= 11 is 0. The second-order valence-electron chi connectivity index (χ2n) is 14.6. The Hall–Kier alpha value is -7.56. The molecule has 10 aromatic rings. The molecule has 0 bridgehead atoms.